The first-order valence-electron chi connectivity index (χ1n) is 6.64. The second kappa shape index (κ2) is 5.45. The van der Waals surface area contributed by atoms with Crippen molar-refractivity contribution >= 4 is 12.2 Å². The lowest BCUT2D eigenvalue weighted by atomic mass is 10.1. The Hall–Kier alpha value is -1.81. The Morgan fingerprint density at radius 3 is 3.16 bits per heavy atom. The molecular weight excluding hydrogens is 242 g/mol. The number of carbonyl (C=O) groups is 1. The van der Waals surface area contributed by atoms with Crippen LogP contribution in [0, 0.1) is 0 Å². The van der Waals surface area contributed by atoms with Crippen molar-refractivity contribution in [1.29, 1.82) is 0 Å². The highest BCUT2D eigenvalue weighted by Crippen LogP contribution is 2.20. The maximum Gasteiger partial charge on any atom is 0.414 e. The second-order valence-corrected chi connectivity index (χ2v) is 4.85. The molecule has 0 bridgehead atoms. The SMILES string of the molecule is O=C(OCC1CCCO1)N1C=Cc2ccccc2C1. The second-order valence-electron chi connectivity index (χ2n) is 4.85. The van der Waals surface area contributed by atoms with Gasteiger partial charge < -0.3 is 9.47 Å². The number of carbonyl (C=O) groups excluding carboxylic acids is 1. The van der Waals surface area contributed by atoms with Gasteiger partial charge in [-0.15, -0.1) is 0 Å². The van der Waals surface area contributed by atoms with Gasteiger partial charge in [0.2, 0.25) is 0 Å². The van der Waals surface area contributed by atoms with Crippen LogP contribution in [0.1, 0.15) is 24.0 Å². The van der Waals surface area contributed by atoms with Gasteiger partial charge in [-0.1, -0.05) is 24.3 Å². The summed E-state index contributed by atoms with van der Waals surface area (Å²) in [5.74, 6) is 0. The fourth-order valence-corrected chi connectivity index (χ4v) is 2.40. The lowest BCUT2D eigenvalue weighted by molar-refractivity contribution is 0.0340. The lowest BCUT2D eigenvalue weighted by Gasteiger charge is -2.23. The minimum atomic E-state index is -0.304. The molecule has 0 saturated carbocycles. The first-order valence-corrected chi connectivity index (χ1v) is 6.64. The molecule has 1 aromatic rings. The minimum absolute atomic E-state index is 0.0741. The Morgan fingerprint density at radius 2 is 2.32 bits per heavy atom. The summed E-state index contributed by atoms with van der Waals surface area (Å²) in [6.07, 6.45) is 5.52. The Labute approximate surface area is 112 Å². The molecule has 1 atom stereocenters. The first kappa shape index (κ1) is 12.2. The summed E-state index contributed by atoms with van der Waals surface area (Å²) in [7, 11) is 0. The molecule has 4 nitrogen and oxygen atoms in total. The van der Waals surface area contributed by atoms with E-state index in [1.807, 2.05) is 30.3 Å². The van der Waals surface area contributed by atoms with E-state index in [1.54, 1.807) is 11.1 Å². The summed E-state index contributed by atoms with van der Waals surface area (Å²) in [5.41, 5.74) is 2.30. The van der Waals surface area contributed by atoms with Crippen LogP contribution in [0.25, 0.3) is 6.08 Å². The van der Waals surface area contributed by atoms with Crippen LogP contribution < -0.4 is 0 Å². The zero-order valence-electron chi connectivity index (χ0n) is 10.7. The molecule has 1 aromatic carbocycles. The summed E-state index contributed by atoms with van der Waals surface area (Å²) in [6.45, 7) is 1.70. The van der Waals surface area contributed by atoms with Crippen LogP contribution in [0.15, 0.2) is 30.5 Å². The number of hydrogen-bond donors (Lipinski definition) is 0. The van der Waals surface area contributed by atoms with Crippen molar-refractivity contribution in [3.8, 4) is 0 Å². The van der Waals surface area contributed by atoms with Crippen molar-refractivity contribution in [3.63, 3.8) is 0 Å². The molecule has 3 rings (SSSR count). The van der Waals surface area contributed by atoms with Gasteiger partial charge in [-0.2, -0.15) is 0 Å². The zero-order chi connectivity index (χ0) is 13.1. The van der Waals surface area contributed by atoms with Crippen molar-refractivity contribution in [2.24, 2.45) is 0 Å². The molecule has 19 heavy (non-hydrogen) atoms. The van der Waals surface area contributed by atoms with E-state index >= 15 is 0 Å². The molecule has 1 amide bonds. The van der Waals surface area contributed by atoms with Crippen LogP contribution in [-0.4, -0.2) is 30.3 Å². The van der Waals surface area contributed by atoms with Crippen molar-refractivity contribution in [3.05, 3.63) is 41.6 Å². The first-order chi connectivity index (χ1) is 9.33. The fraction of sp³-hybridized carbons (Fsp3) is 0.400. The van der Waals surface area contributed by atoms with Gasteiger partial charge in [-0.3, -0.25) is 4.90 Å². The molecule has 4 heteroatoms. The van der Waals surface area contributed by atoms with Crippen LogP contribution >= 0.6 is 0 Å². The van der Waals surface area contributed by atoms with Gasteiger partial charge in [-0.05, 0) is 30.0 Å². The minimum Gasteiger partial charge on any atom is -0.446 e. The van der Waals surface area contributed by atoms with E-state index in [4.69, 9.17) is 9.47 Å². The third-order valence-corrected chi connectivity index (χ3v) is 3.48. The van der Waals surface area contributed by atoms with E-state index in [0.29, 0.717) is 13.2 Å². The molecule has 1 unspecified atom stereocenters. The summed E-state index contributed by atoms with van der Waals surface area (Å²) < 4.78 is 10.7. The molecule has 2 aliphatic heterocycles. The summed E-state index contributed by atoms with van der Waals surface area (Å²) in [6, 6.07) is 8.04. The van der Waals surface area contributed by atoms with Gasteiger partial charge in [0.15, 0.2) is 0 Å². The predicted molar refractivity (Wildman–Crippen MR) is 71.3 cm³/mol. The van der Waals surface area contributed by atoms with Crippen molar-refractivity contribution < 1.29 is 14.3 Å². The van der Waals surface area contributed by atoms with Crippen molar-refractivity contribution in [2.45, 2.75) is 25.5 Å². The van der Waals surface area contributed by atoms with Gasteiger partial charge in [-0.25, -0.2) is 4.79 Å². The third kappa shape index (κ3) is 2.79. The quantitative estimate of drug-likeness (QED) is 0.819. The molecule has 0 aromatic heterocycles. The molecule has 2 aliphatic rings. The highest BCUT2D eigenvalue weighted by atomic mass is 16.6. The van der Waals surface area contributed by atoms with Crippen LogP contribution in [0.4, 0.5) is 4.79 Å². The molecular formula is C15H17NO3. The van der Waals surface area contributed by atoms with E-state index in [1.165, 1.54) is 0 Å². The maximum atomic E-state index is 12.0. The van der Waals surface area contributed by atoms with E-state index in [-0.39, 0.29) is 12.2 Å². The van der Waals surface area contributed by atoms with E-state index in [9.17, 15) is 4.79 Å². The average molecular weight is 259 g/mol. The Morgan fingerprint density at radius 1 is 1.42 bits per heavy atom. The zero-order valence-corrected chi connectivity index (χ0v) is 10.7. The van der Waals surface area contributed by atoms with E-state index in [2.05, 4.69) is 0 Å². The van der Waals surface area contributed by atoms with Gasteiger partial charge in [0, 0.05) is 12.8 Å². The molecule has 2 heterocycles. The van der Waals surface area contributed by atoms with E-state index in [0.717, 1.165) is 30.6 Å². The highest BCUT2D eigenvalue weighted by molar-refractivity contribution is 5.72. The number of hydrogen-bond acceptors (Lipinski definition) is 3. The summed E-state index contributed by atoms with van der Waals surface area (Å²) in [4.78, 5) is 13.6. The standard InChI is InChI=1S/C15H17NO3/c17-15(19-11-14-6-3-9-18-14)16-8-7-12-4-1-2-5-13(12)10-16/h1-2,4-5,7-8,14H,3,6,9-11H2. The molecule has 0 aliphatic carbocycles. The number of amides is 1. The molecule has 100 valence electrons. The molecule has 0 spiro atoms. The Kier molecular flexibility index (Phi) is 3.51. The fourth-order valence-electron chi connectivity index (χ4n) is 2.40. The van der Waals surface area contributed by atoms with E-state index < -0.39 is 0 Å². The number of rotatable bonds is 2. The smallest absolute Gasteiger partial charge is 0.414 e. The Balaban J connectivity index is 1.57. The lowest BCUT2D eigenvalue weighted by Crippen LogP contribution is -2.30. The van der Waals surface area contributed by atoms with Crippen LogP contribution in [0.5, 0.6) is 0 Å². The van der Waals surface area contributed by atoms with Crippen LogP contribution in [0.2, 0.25) is 0 Å². The van der Waals surface area contributed by atoms with Crippen LogP contribution in [-0.2, 0) is 16.0 Å². The monoisotopic (exact) mass is 259 g/mol. The average Bonchev–Trinajstić information content (AvgIpc) is 2.97. The van der Waals surface area contributed by atoms with Gasteiger partial charge >= 0.3 is 6.09 Å². The summed E-state index contributed by atoms with van der Waals surface area (Å²) in [5, 5.41) is 0. The predicted octanol–water partition coefficient (Wildman–Crippen LogP) is 2.79. The number of ether oxygens (including phenoxy) is 2. The van der Waals surface area contributed by atoms with Crippen LogP contribution in [0.3, 0.4) is 0 Å². The molecule has 1 saturated heterocycles. The number of benzene rings is 1. The molecule has 0 radical (unpaired) electrons. The normalized spacial score (nSPS) is 21.3. The topological polar surface area (TPSA) is 38.8 Å². The van der Waals surface area contributed by atoms with Gasteiger partial charge in [0.1, 0.15) is 6.61 Å². The number of nitrogens with zero attached hydrogens (tertiary/aromatic N) is 1. The Bertz CT molecular complexity index is 492. The van der Waals surface area contributed by atoms with Gasteiger partial charge in [0.25, 0.3) is 0 Å². The summed E-state index contributed by atoms with van der Waals surface area (Å²) >= 11 is 0. The molecule has 0 N–H and O–H groups in total. The van der Waals surface area contributed by atoms with Crippen molar-refractivity contribution in [1.82, 2.24) is 4.90 Å². The molecule has 1 fully saturated rings. The van der Waals surface area contributed by atoms with Gasteiger partial charge in [0.05, 0.1) is 12.6 Å². The largest absolute Gasteiger partial charge is 0.446 e. The third-order valence-electron chi connectivity index (χ3n) is 3.48. The number of fused-ring (bicyclic) bond motifs is 1. The maximum absolute atomic E-state index is 12.0. The van der Waals surface area contributed by atoms with Crippen molar-refractivity contribution in [2.75, 3.05) is 13.2 Å². The highest BCUT2D eigenvalue weighted by Gasteiger charge is 2.21.